The van der Waals surface area contributed by atoms with Crippen molar-refractivity contribution < 1.29 is 0 Å². The number of nitrogens with zero attached hydrogens (tertiary/aromatic N) is 3. The lowest BCUT2D eigenvalue weighted by Crippen LogP contribution is -2.39. The van der Waals surface area contributed by atoms with Crippen LogP contribution in [0.15, 0.2) is 0 Å². The Kier molecular flexibility index (Phi) is 2.93. The van der Waals surface area contributed by atoms with Crippen LogP contribution in [-0.2, 0) is 0 Å². The maximum absolute atomic E-state index is 6.17. The van der Waals surface area contributed by atoms with Crippen molar-refractivity contribution >= 4 is 28.3 Å². The van der Waals surface area contributed by atoms with Crippen LogP contribution in [0.2, 0.25) is 0 Å². The highest BCUT2D eigenvalue weighted by Crippen LogP contribution is 2.27. The van der Waals surface area contributed by atoms with Crippen LogP contribution in [0.4, 0.5) is 5.13 Å². The van der Waals surface area contributed by atoms with Crippen LogP contribution in [0.3, 0.4) is 0 Å². The molecule has 3 nitrogen and oxygen atoms in total. The molecule has 0 radical (unpaired) electrons. The molecule has 1 aromatic rings. The van der Waals surface area contributed by atoms with Gasteiger partial charge in [-0.2, -0.15) is 4.37 Å². The summed E-state index contributed by atoms with van der Waals surface area (Å²) in [4.78, 5) is 6.67. The summed E-state index contributed by atoms with van der Waals surface area (Å²) in [5, 5.41) is 1.36. The average Bonchev–Trinajstić information content (AvgIpc) is 2.57. The SMILES string of the molecule is Cc1nsc(N2CCC(Cl)C(C)C2)n1. The fourth-order valence-corrected chi connectivity index (χ4v) is 2.59. The number of piperidine rings is 1. The number of hydrogen-bond acceptors (Lipinski definition) is 4. The molecule has 2 atom stereocenters. The van der Waals surface area contributed by atoms with Gasteiger partial charge >= 0.3 is 0 Å². The van der Waals surface area contributed by atoms with Gasteiger partial charge in [0.25, 0.3) is 0 Å². The zero-order valence-electron chi connectivity index (χ0n) is 8.40. The van der Waals surface area contributed by atoms with Gasteiger partial charge < -0.3 is 4.90 Å². The first-order valence-corrected chi connectivity index (χ1v) is 6.07. The highest BCUT2D eigenvalue weighted by Gasteiger charge is 2.25. The lowest BCUT2D eigenvalue weighted by Gasteiger charge is -2.33. The van der Waals surface area contributed by atoms with Crippen molar-refractivity contribution in [3.05, 3.63) is 5.82 Å². The predicted octanol–water partition coefficient (Wildman–Crippen LogP) is 2.30. The smallest absolute Gasteiger partial charge is 0.205 e. The van der Waals surface area contributed by atoms with Gasteiger partial charge in [0.05, 0.1) is 0 Å². The van der Waals surface area contributed by atoms with Crippen LogP contribution in [0.5, 0.6) is 0 Å². The number of alkyl halides is 1. The third kappa shape index (κ3) is 2.01. The van der Waals surface area contributed by atoms with Crippen molar-refractivity contribution in [2.45, 2.75) is 25.6 Å². The van der Waals surface area contributed by atoms with Gasteiger partial charge in [-0.3, -0.25) is 0 Å². The lowest BCUT2D eigenvalue weighted by atomic mass is 10.0. The number of aromatic nitrogens is 2. The van der Waals surface area contributed by atoms with E-state index in [2.05, 4.69) is 21.2 Å². The largest absolute Gasteiger partial charge is 0.346 e. The molecule has 2 heterocycles. The van der Waals surface area contributed by atoms with E-state index in [4.69, 9.17) is 11.6 Å². The van der Waals surface area contributed by atoms with Crippen molar-refractivity contribution in [3.63, 3.8) is 0 Å². The van der Waals surface area contributed by atoms with Gasteiger partial charge in [0.1, 0.15) is 5.82 Å². The third-order valence-electron chi connectivity index (χ3n) is 2.59. The molecule has 2 unspecified atom stereocenters. The molecule has 1 aliphatic heterocycles. The second-order valence-electron chi connectivity index (χ2n) is 3.85. The van der Waals surface area contributed by atoms with Crippen LogP contribution in [0.1, 0.15) is 19.2 Å². The maximum atomic E-state index is 6.17. The van der Waals surface area contributed by atoms with Crippen LogP contribution in [0, 0.1) is 12.8 Å². The summed E-state index contributed by atoms with van der Waals surface area (Å²) in [6.07, 6.45) is 1.04. The summed E-state index contributed by atoms with van der Waals surface area (Å²) in [6.45, 7) is 6.13. The molecule has 1 aliphatic rings. The number of rotatable bonds is 1. The summed E-state index contributed by atoms with van der Waals surface area (Å²) in [7, 11) is 0. The molecule has 0 aromatic carbocycles. The van der Waals surface area contributed by atoms with Crippen molar-refractivity contribution in [2.24, 2.45) is 5.92 Å². The number of hydrogen-bond donors (Lipinski definition) is 0. The van der Waals surface area contributed by atoms with E-state index in [9.17, 15) is 0 Å². The van der Waals surface area contributed by atoms with Crippen molar-refractivity contribution in [2.75, 3.05) is 18.0 Å². The molecule has 1 aromatic heterocycles. The molecule has 2 rings (SSSR count). The molecular formula is C9H14ClN3S. The topological polar surface area (TPSA) is 29.0 Å². The second kappa shape index (κ2) is 4.03. The first kappa shape index (κ1) is 10.2. The highest BCUT2D eigenvalue weighted by molar-refractivity contribution is 7.09. The first-order chi connectivity index (χ1) is 6.66. The van der Waals surface area contributed by atoms with Crippen molar-refractivity contribution in [3.8, 4) is 0 Å². The Balaban J connectivity index is 2.06. The van der Waals surface area contributed by atoms with Crippen molar-refractivity contribution in [1.29, 1.82) is 0 Å². The van der Waals surface area contributed by atoms with E-state index in [0.717, 1.165) is 30.5 Å². The number of halogens is 1. The Labute approximate surface area is 93.3 Å². The molecule has 0 bridgehead atoms. The fourth-order valence-electron chi connectivity index (χ4n) is 1.71. The minimum atomic E-state index is 0.320. The van der Waals surface area contributed by atoms with Gasteiger partial charge in [0.15, 0.2) is 0 Å². The molecule has 0 saturated carbocycles. The quantitative estimate of drug-likeness (QED) is 0.695. The van der Waals surface area contributed by atoms with E-state index in [1.807, 2.05) is 6.92 Å². The summed E-state index contributed by atoms with van der Waals surface area (Å²) in [5.74, 6) is 1.40. The molecule has 0 spiro atoms. The van der Waals surface area contributed by atoms with Gasteiger partial charge in [-0.1, -0.05) is 6.92 Å². The normalized spacial score (nSPS) is 28.1. The Morgan fingerprint density at radius 3 is 2.93 bits per heavy atom. The van der Waals surface area contributed by atoms with Crippen LogP contribution in [-0.4, -0.2) is 27.8 Å². The number of aryl methyl sites for hydroxylation is 1. The second-order valence-corrected chi connectivity index (χ2v) is 5.14. The van der Waals surface area contributed by atoms with Crippen LogP contribution in [0.25, 0.3) is 0 Å². The summed E-state index contributed by atoms with van der Waals surface area (Å²) in [6, 6.07) is 0. The lowest BCUT2D eigenvalue weighted by molar-refractivity contribution is 0.454. The Hall–Kier alpha value is -0.350. The Morgan fingerprint density at radius 2 is 2.36 bits per heavy atom. The predicted molar refractivity (Wildman–Crippen MR) is 60.3 cm³/mol. The van der Waals surface area contributed by atoms with Gasteiger partial charge in [0, 0.05) is 30.0 Å². The fraction of sp³-hybridized carbons (Fsp3) is 0.778. The maximum Gasteiger partial charge on any atom is 0.205 e. The van der Waals surface area contributed by atoms with E-state index in [-0.39, 0.29) is 0 Å². The van der Waals surface area contributed by atoms with E-state index >= 15 is 0 Å². The number of anilines is 1. The highest BCUT2D eigenvalue weighted by atomic mass is 35.5. The molecule has 1 fully saturated rings. The van der Waals surface area contributed by atoms with E-state index < -0.39 is 0 Å². The van der Waals surface area contributed by atoms with E-state index in [0.29, 0.717) is 11.3 Å². The molecule has 0 N–H and O–H groups in total. The average molecular weight is 232 g/mol. The Morgan fingerprint density at radius 1 is 1.57 bits per heavy atom. The standard InChI is InChI=1S/C9H14ClN3S/c1-6-5-13(4-3-8(6)10)9-11-7(2)12-14-9/h6,8H,3-5H2,1-2H3. The molecule has 0 aliphatic carbocycles. The third-order valence-corrected chi connectivity index (χ3v) is 4.10. The monoisotopic (exact) mass is 231 g/mol. The van der Waals surface area contributed by atoms with E-state index in [1.54, 1.807) is 0 Å². The molecule has 1 saturated heterocycles. The summed E-state index contributed by atoms with van der Waals surface area (Å²) in [5.41, 5.74) is 0. The zero-order chi connectivity index (χ0) is 10.1. The molecule has 5 heteroatoms. The van der Waals surface area contributed by atoms with Crippen LogP contribution < -0.4 is 4.90 Å². The minimum Gasteiger partial charge on any atom is -0.346 e. The molecule has 14 heavy (non-hydrogen) atoms. The Bertz CT molecular complexity index is 315. The van der Waals surface area contributed by atoms with Gasteiger partial charge in [-0.25, -0.2) is 4.98 Å². The minimum absolute atomic E-state index is 0.320. The van der Waals surface area contributed by atoms with Crippen LogP contribution >= 0.6 is 23.1 Å². The summed E-state index contributed by atoms with van der Waals surface area (Å²) >= 11 is 7.65. The molecule has 78 valence electrons. The van der Waals surface area contributed by atoms with Gasteiger partial charge in [0.2, 0.25) is 5.13 Å². The molecule has 0 amide bonds. The summed E-state index contributed by atoms with van der Waals surface area (Å²) < 4.78 is 4.19. The van der Waals surface area contributed by atoms with Gasteiger partial charge in [-0.15, -0.1) is 11.6 Å². The first-order valence-electron chi connectivity index (χ1n) is 4.86. The van der Waals surface area contributed by atoms with E-state index in [1.165, 1.54) is 11.5 Å². The van der Waals surface area contributed by atoms with Gasteiger partial charge in [-0.05, 0) is 19.3 Å². The zero-order valence-corrected chi connectivity index (χ0v) is 9.98. The molecular weight excluding hydrogens is 218 g/mol. The van der Waals surface area contributed by atoms with Crippen molar-refractivity contribution in [1.82, 2.24) is 9.36 Å².